The quantitative estimate of drug-likeness (QED) is 0.780. The van der Waals surface area contributed by atoms with Crippen LogP contribution in [0.4, 0.5) is 5.69 Å². The molecule has 1 unspecified atom stereocenters. The Labute approximate surface area is 96.0 Å². The van der Waals surface area contributed by atoms with Crippen molar-refractivity contribution in [3.8, 4) is 5.75 Å². The molecule has 0 aliphatic carbocycles. The average molecular weight is 219 g/mol. The first-order chi connectivity index (χ1) is 7.69. The van der Waals surface area contributed by atoms with Crippen molar-refractivity contribution in [1.29, 1.82) is 0 Å². The molecule has 2 rings (SSSR count). The Morgan fingerprint density at radius 1 is 1.56 bits per heavy atom. The maximum absolute atomic E-state index is 11.7. The molecule has 0 radical (unpaired) electrons. The first-order valence-corrected chi connectivity index (χ1v) is 5.61. The molecule has 0 saturated carbocycles. The number of Topliss-reactive ketones (excluding diaryl/α,β-unsaturated/α-hetero) is 1. The standard InChI is InChI=1S/C13H17NO2/c1-4-14-8-10(9(2)15)13-11(14)6-5-7-12(13)16-3/h5-7,10H,4,8H2,1-3H3. The maximum atomic E-state index is 11.7. The Balaban J connectivity index is 2.53. The van der Waals surface area contributed by atoms with Crippen LogP contribution in [0.2, 0.25) is 0 Å². The largest absolute Gasteiger partial charge is 0.496 e. The zero-order valence-corrected chi connectivity index (χ0v) is 9.99. The molecule has 0 spiro atoms. The highest BCUT2D eigenvalue weighted by molar-refractivity contribution is 5.89. The molecule has 1 aliphatic rings. The van der Waals surface area contributed by atoms with Gasteiger partial charge in [-0.2, -0.15) is 0 Å². The summed E-state index contributed by atoms with van der Waals surface area (Å²) >= 11 is 0. The highest BCUT2D eigenvalue weighted by Gasteiger charge is 2.33. The summed E-state index contributed by atoms with van der Waals surface area (Å²) in [5, 5.41) is 0. The number of hydrogen-bond donors (Lipinski definition) is 0. The third-order valence-electron chi connectivity index (χ3n) is 3.23. The Morgan fingerprint density at radius 2 is 2.31 bits per heavy atom. The summed E-state index contributed by atoms with van der Waals surface area (Å²) in [4.78, 5) is 13.9. The maximum Gasteiger partial charge on any atom is 0.139 e. The lowest BCUT2D eigenvalue weighted by atomic mass is 9.97. The van der Waals surface area contributed by atoms with Crippen molar-refractivity contribution >= 4 is 11.5 Å². The van der Waals surface area contributed by atoms with Gasteiger partial charge in [0.05, 0.1) is 13.0 Å². The van der Waals surface area contributed by atoms with Gasteiger partial charge in [-0.25, -0.2) is 0 Å². The van der Waals surface area contributed by atoms with Crippen molar-refractivity contribution < 1.29 is 9.53 Å². The van der Waals surface area contributed by atoms with Crippen LogP contribution in [0.3, 0.4) is 0 Å². The van der Waals surface area contributed by atoms with Gasteiger partial charge >= 0.3 is 0 Å². The lowest BCUT2D eigenvalue weighted by molar-refractivity contribution is -0.118. The molecule has 1 atom stereocenters. The molecule has 3 nitrogen and oxygen atoms in total. The molecule has 0 N–H and O–H groups in total. The van der Waals surface area contributed by atoms with Crippen molar-refractivity contribution in [2.75, 3.05) is 25.1 Å². The molecule has 0 fully saturated rings. The third kappa shape index (κ3) is 1.56. The summed E-state index contributed by atoms with van der Waals surface area (Å²) in [6, 6.07) is 5.96. The predicted octanol–water partition coefficient (Wildman–Crippen LogP) is 2.21. The molecule has 3 heteroatoms. The van der Waals surface area contributed by atoms with Crippen LogP contribution in [0.1, 0.15) is 25.3 Å². The van der Waals surface area contributed by atoms with Crippen molar-refractivity contribution in [2.45, 2.75) is 19.8 Å². The second-order valence-electron chi connectivity index (χ2n) is 4.09. The lowest BCUT2D eigenvalue weighted by Gasteiger charge is -2.16. The second kappa shape index (κ2) is 4.16. The van der Waals surface area contributed by atoms with Gasteiger partial charge in [0.2, 0.25) is 0 Å². The van der Waals surface area contributed by atoms with Crippen molar-refractivity contribution in [1.82, 2.24) is 0 Å². The van der Waals surface area contributed by atoms with Crippen LogP contribution < -0.4 is 9.64 Å². The molecule has 0 bridgehead atoms. The highest BCUT2D eigenvalue weighted by atomic mass is 16.5. The average Bonchev–Trinajstić information content (AvgIpc) is 2.67. The summed E-state index contributed by atoms with van der Waals surface area (Å²) in [6.45, 7) is 5.46. The van der Waals surface area contributed by atoms with Crippen LogP contribution in [0, 0.1) is 0 Å². The van der Waals surface area contributed by atoms with Gasteiger partial charge in [-0.3, -0.25) is 4.79 Å². The number of rotatable bonds is 3. The van der Waals surface area contributed by atoms with E-state index in [1.165, 1.54) is 0 Å². The van der Waals surface area contributed by atoms with E-state index in [-0.39, 0.29) is 11.7 Å². The fraction of sp³-hybridized carbons (Fsp3) is 0.462. The van der Waals surface area contributed by atoms with Crippen LogP contribution >= 0.6 is 0 Å². The summed E-state index contributed by atoms with van der Waals surface area (Å²) < 4.78 is 5.35. The number of benzene rings is 1. The van der Waals surface area contributed by atoms with Crippen LogP contribution in [0.5, 0.6) is 5.75 Å². The number of ketones is 1. The summed E-state index contributed by atoms with van der Waals surface area (Å²) in [6.07, 6.45) is 0. The van der Waals surface area contributed by atoms with Crippen LogP contribution in [0.15, 0.2) is 18.2 Å². The SMILES string of the molecule is CCN1CC(C(C)=O)c2c(OC)cccc21. The number of anilines is 1. The van der Waals surface area contributed by atoms with E-state index >= 15 is 0 Å². The van der Waals surface area contributed by atoms with E-state index < -0.39 is 0 Å². The van der Waals surface area contributed by atoms with E-state index in [1.807, 2.05) is 12.1 Å². The molecule has 0 aromatic heterocycles. The van der Waals surface area contributed by atoms with Crippen LogP contribution in [-0.4, -0.2) is 26.0 Å². The van der Waals surface area contributed by atoms with E-state index in [2.05, 4.69) is 17.9 Å². The van der Waals surface area contributed by atoms with Gasteiger partial charge in [0.15, 0.2) is 0 Å². The van der Waals surface area contributed by atoms with Crippen molar-refractivity contribution in [2.24, 2.45) is 0 Å². The molecule has 0 amide bonds. The number of carbonyl (C=O) groups excluding carboxylic acids is 1. The number of methoxy groups -OCH3 is 1. The monoisotopic (exact) mass is 219 g/mol. The Bertz CT molecular complexity index is 414. The molecule has 1 aliphatic heterocycles. The van der Waals surface area contributed by atoms with E-state index in [0.29, 0.717) is 0 Å². The molecule has 0 saturated heterocycles. The van der Waals surface area contributed by atoms with Crippen LogP contribution in [0.25, 0.3) is 0 Å². The second-order valence-corrected chi connectivity index (χ2v) is 4.09. The molecule has 1 heterocycles. The van der Waals surface area contributed by atoms with Gasteiger partial charge in [0.1, 0.15) is 11.5 Å². The fourth-order valence-corrected chi connectivity index (χ4v) is 2.38. The Hall–Kier alpha value is -1.51. The Morgan fingerprint density at radius 3 is 2.88 bits per heavy atom. The number of nitrogens with zero attached hydrogens (tertiary/aromatic N) is 1. The van der Waals surface area contributed by atoms with Crippen molar-refractivity contribution in [3.05, 3.63) is 23.8 Å². The zero-order valence-electron chi connectivity index (χ0n) is 9.99. The first kappa shape index (κ1) is 11.0. The molecule has 86 valence electrons. The van der Waals surface area contributed by atoms with E-state index in [1.54, 1.807) is 14.0 Å². The molecular weight excluding hydrogens is 202 g/mol. The van der Waals surface area contributed by atoms with E-state index in [4.69, 9.17) is 4.74 Å². The van der Waals surface area contributed by atoms with E-state index in [0.717, 1.165) is 30.1 Å². The number of carbonyl (C=O) groups is 1. The zero-order chi connectivity index (χ0) is 11.7. The van der Waals surface area contributed by atoms with E-state index in [9.17, 15) is 4.79 Å². The van der Waals surface area contributed by atoms with Gasteiger partial charge in [-0.15, -0.1) is 0 Å². The first-order valence-electron chi connectivity index (χ1n) is 5.61. The van der Waals surface area contributed by atoms with Gasteiger partial charge < -0.3 is 9.64 Å². The normalized spacial score (nSPS) is 18.4. The molecular formula is C13H17NO2. The number of fused-ring (bicyclic) bond motifs is 1. The third-order valence-corrected chi connectivity index (χ3v) is 3.23. The summed E-state index contributed by atoms with van der Waals surface area (Å²) in [7, 11) is 1.65. The van der Waals surface area contributed by atoms with Gasteiger partial charge in [-0.05, 0) is 26.0 Å². The smallest absolute Gasteiger partial charge is 0.139 e. The molecule has 1 aromatic carbocycles. The van der Waals surface area contributed by atoms with Gasteiger partial charge in [0.25, 0.3) is 0 Å². The minimum Gasteiger partial charge on any atom is -0.496 e. The van der Waals surface area contributed by atoms with Crippen molar-refractivity contribution in [3.63, 3.8) is 0 Å². The van der Waals surface area contributed by atoms with Gasteiger partial charge in [0, 0.05) is 24.3 Å². The number of likely N-dealkylation sites (N-methyl/N-ethyl adjacent to an activating group) is 1. The summed E-state index contributed by atoms with van der Waals surface area (Å²) in [5.41, 5.74) is 2.20. The number of ether oxygens (including phenoxy) is 1. The fourth-order valence-electron chi connectivity index (χ4n) is 2.38. The highest BCUT2D eigenvalue weighted by Crippen LogP contribution is 2.42. The predicted molar refractivity (Wildman–Crippen MR) is 64.3 cm³/mol. The lowest BCUT2D eigenvalue weighted by Crippen LogP contribution is -2.23. The minimum absolute atomic E-state index is 0.0360. The molecule has 16 heavy (non-hydrogen) atoms. The molecule has 1 aromatic rings. The van der Waals surface area contributed by atoms with Gasteiger partial charge in [-0.1, -0.05) is 6.07 Å². The van der Waals surface area contributed by atoms with Crippen LogP contribution in [-0.2, 0) is 4.79 Å². The summed E-state index contributed by atoms with van der Waals surface area (Å²) in [5.74, 6) is 1.00. The Kier molecular flexibility index (Phi) is 2.86. The number of hydrogen-bond acceptors (Lipinski definition) is 3. The minimum atomic E-state index is -0.0360. The topological polar surface area (TPSA) is 29.5 Å².